The van der Waals surface area contributed by atoms with Crippen molar-refractivity contribution < 1.29 is 8.78 Å². The molecule has 152 valence electrons. The number of hydrogen-bond acceptors (Lipinski definition) is 3. The van der Waals surface area contributed by atoms with Crippen LogP contribution in [0.15, 0.2) is 42.5 Å². The van der Waals surface area contributed by atoms with Gasteiger partial charge in [-0.3, -0.25) is 4.90 Å². The molecule has 2 aliphatic rings. The van der Waals surface area contributed by atoms with E-state index in [0.717, 1.165) is 44.6 Å². The van der Waals surface area contributed by atoms with Crippen LogP contribution in [0, 0.1) is 24.0 Å². The fraction of sp³-hybridized carbons (Fsp3) is 0.417. The quantitative estimate of drug-likeness (QED) is 0.671. The van der Waals surface area contributed by atoms with Crippen molar-refractivity contribution in [1.82, 2.24) is 15.5 Å². The third-order valence-electron chi connectivity index (χ3n) is 5.98. The minimum Gasteiger partial charge on any atom is -0.315 e. The van der Waals surface area contributed by atoms with E-state index < -0.39 is 11.6 Å². The van der Waals surface area contributed by atoms with Gasteiger partial charge in [0.25, 0.3) is 0 Å². The second-order valence-corrected chi connectivity index (χ2v) is 8.08. The van der Waals surface area contributed by atoms with Crippen LogP contribution in [-0.2, 0) is 13.1 Å². The van der Waals surface area contributed by atoms with Crippen molar-refractivity contribution in [3.05, 3.63) is 70.8 Å². The summed E-state index contributed by atoms with van der Waals surface area (Å²) >= 11 is 0. The number of rotatable bonds is 8. The highest BCUT2D eigenvalue weighted by Crippen LogP contribution is 2.41. The van der Waals surface area contributed by atoms with Crippen molar-refractivity contribution in [3.63, 3.8) is 0 Å². The van der Waals surface area contributed by atoms with E-state index in [1.807, 2.05) is 0 Å². The van der Waals surface area contributed by atoms with Crippen LogP contribution in [0.4, 0.5) is 8.78 Å². The van der Waals surface area contributed by atoms with Crippen LogP contribution in [0.1, 0.15) is 35.4 Å². The summed E-state index contributed by atoms with van der Waals surface area (Å²) in [5, 5.41) is 6.92. The second kappa shape index (κ2) is 9.04. The molecule has 1 heterocycles. The molecule has 0 aromatic heterocycles. The van der Waals surface area contributed by atoms with Crippen LogP contribution in [0.3, 0.4) is 0 Å². The molecule has 4 rings (SSSR count). The maximum absolute atomic E-state index is 13.4. The van der Waals surface area contributed by atoms with E-state index in [1.54, 1.807) is 6.07 Å². The molecule has 1 unspecified atom stereocenters. The summed E-state index contributed by atoms with van der Waals surface area (Å²) in [5.41, 5.74) is 3.35. The Bertz CT molecular complexity index is 869. The van der Waals surface area contributed by atoms with Crippen LogP contribution in [-0.4, -0.2) is 36.6 Å². The van der Waals surface area contributed by atoms with Gasteiger partial charge < -0.3 is 10.6 Å². The molecule has 0 amide bonds. The average molecular weight is 395 g/mol. The third kappa shape index (κ3) is 5.02. The summed E-state index contributed by atoms with van der Waals surface area (Å²) in [4.78, 5) is 2.36. The van der Waals surface area contributed by atoms with Crippen molar-refractivity contribution in [2.75, 3.05) is 19.6 Å². The topological polar surface area (TPSA) is 27.3 Å². The van der Waals surface area contributed by atoms with Gasteiger partial charge in [-0.1, -0.05) is 36.3 Å². The largest absolute Gasteiger partial charge is 0.315 e. The molecule has 3 atom stereocenters. The van der Waals surface area contributed by atoms with Gasteiger partial charge in [0.15, 0.2) is 11.6 Å². The smallest absolute Gasteiger partial charge is 0.159 e. The number of terminal acetylenes is 1. The molecule has 29 heavy (non-hydrogen) atoms. The normalized spacial score (nSPS) is 23.3. The lowest BCUT2D eigenvalue weighted by atomic mass is 10.1. The summed E-state index contributed by atoms with van der Waals surface area (Å²) < 4.78 is 26.5. The number of nitrogens with zero attached hydrogens (tertiary/aromatic N) is 1. The zero-order valence-corrected chi connectivity index (χ0v) is 16.5. The van der Waals surface area contributed by atoms with Gasteiger partial charge in [-0.2, -0.15) is 0 Å². The zero-order valence-electron chi connectivity index (χ0n) is 16.5. The molecule has 5 heteroatoms. The highest BCUT2D eigenvalue weighted by molar-refractivity contribution is 5.29. The first kappa shape index (κ1) is 20.0. The van der Waals surface area contributed by atoms with Gasteiger partial charge in [0.1, 0.15) is 0 Å². The van der Waals surface area contributed by atoms with E-state index >= 15 is 0 Å². The van der Waals surface area contributed by atoms with Crippen LogP contribution in [0.5, 0.6) is 0 Å². The van der Waals surface area contributed by atoms with Crippen molar-refractivity contribution in [2.45, 2.75) is 43.9 Å². The maximum Gasteiger partial charge on any atom is 0.159 e. The molecule has 1 aliphatic carbocycles. The van der Waals surface area contributed by atoms with Gasteiger partial charge in [0.2, 0.25) is 0 Å². The molecule has 1 aliphatic heterocycles. The lowest BCUT2D eigenvalue weighted by Gasteiger charge is -2.26. The molecule has 2 fully saturated rings. The Morgan fingerprint density at radius 2 is 1.90 bits per heavy atom. The van der Waals surface area contributed by atoms with Crippen LogP contribution >= 0.6 is 0 Å². The Morgan fingerprint density at radius 3 is 2.59 bits per heavy atom. The van der Waals surface area contributed by atoms with E-state index in [9.17, 15) is 8.78 Å². The number of hydrogen-bond donors (Lipinski definition) is 2. The zero-order chi connectivity index (χ0) is 20.2. The minimum absolute atomic E-state index is 0.265. The first-order valence-corrected chi connectivity index (χ1v) is 10.3. The number of nitrogens with one attached hydrogen (secondary N) is 2. The third-order valence-corrected chi connectivity index (χ3v) is 5.98. The van der Waals surface area contributed by atoms with Crippen molar-refractivity contribution in [2.24, 2.45) is 0 Å². The summed E-state index contributed by atoms with van der Waals surface area (Å²) in [6.07, 6.45) is 7.66. The second-order valence-electron chi connectivity index (χ2n) is 8.08. The van der Waals surface area contributed by atoms with Gasteiger partial charge in [-0.25, -0.2) is 8.78 Å². The Labute approximate surface area is 171 Å². The number of halogens is 2. The SMILES string of the molecule is C#CCN(Cc1ccc(CN[C@@H]2C[C@H]2c2ccc(F)c(F)c2)cc1)C1CCNC1. The van der Waals surface area contributed by atoms with E-state index in [4.69, 9.17) is 6.42 Å². The van der Waals surface area contributed by atoms with E-state index in [0.29, 0.717) is 18.6 Å². The Hall–Kier alpha value is -2.26. The first-order chi connectivity index (χ1) is 14.1. The predicted molar refractivity (Wildman–Crippen MR) is 111 cm³/mol. The van der Waals surface area contributed by atoms with E-state index in [2.05, 4.69) is 45.7 Å². The minimum atomic E-state index is -0.788. The predicted octanol–water partition coefficient (Wildman–Crippen LogP) is 3.41. The molecule has 3 nitrogen and oxygen atoms in total. The van der Waals surface area contributed by atoms with Gasteiger partial charge in [0, 0.05) is 37.6 Å². The van der Waals surface area contributed by atoms with Crippen LogP contribution in [0.25, 0.3) is 0 Å². The molecule has 1 saturated carbocycles. The highest BCUT2D eigenvalue weighted by Gasteiger charge is 2.38. The van der Waals surface area contributed by atoms with Crippen molar-refractivity contribution in [1.29, 1.82) is 0 Å². The van der Waals surface area contributed by atoms with Crippen LogP contribution in [0.2, 0.25) is 0 Å². The Morgan fingerprint density at radius 1 is 1.10 bits per heavy atom. The molecule has 2 N–H and O–H groups in total. The van der Waals surface area contributed by atoms with Gasteiger partial charge >= 0.3 is 0 Å². The van der Waals surface area contributed by atoms with E-state index in [-0.39, 0.29) is 5.92 Å². The van der Waals surface area contributed by atoms with Gasteiger partial charge in [-0.05, 0) is 48.2 Å². The molecule has 1 saturated heterocycles. The molecule has 0 bridgehead atoms. The standard InChI is InChI=1S/C24H27F2N3/c1-2-11-29(20-9-10-27-15-20)16-18-5-3-17(4-6-18)14-28-24-13-21(24)19-7-8-22(25)23(26)12-19/h1,3-8,12,20-21,24,27-28H,9-11,13-16H2/t20?,21-,24+/m0/s1. The molecular weight excluding hydrogens is 368 g/mol. The van der Waals surface area contributed by atoms with E-state index in [1.165, 1.54) is 23.3 Å². The highest BCUT2D eigenvalue weighted by atomic mass is 19.2. The monoisotopic (exact) mass is 395 g/mol. The average Bonchev–Trinajstić information content (AvgIpc) is 3.29. The summed E-state index contributed by atoms with van der Waals surface area (Å²) in [7, 11) is 0. The van der Waals surface area contributed by atoms with Crippen molar-refractivity contribution >= 4 is 0 Å². The fourth-order valence-corrected chi connectivity index (χ4v) is 4.16. The lowest BCUT2D eigenvalue weighted by Crippen LogP contribution is -2.36. The van der Waals surface area contributed by atoms with Crippen LogP contribution < -0.4 is 10.6 Å². The summed E-state index contributed by atoms with van der Waals surface area (Å²) in [5.74, 6) is 1.49. The fourth-order valence-electron chi connectivity index (χ4n) is 4.16. The molecule has 0 radical (unpaired) electrons. The summed E-state index contributed by atoms with van der Waals surface area (Å²) in [6.45, 7) is 4.37. The molecule has 2 aromatic carbocycles. The molecular formula is C24H27F2N3. The van der Waals surface area contributed by atoms with Gasteiger partial charge in [-0.15, -0.1) is 6.42 Å². The van der Waals surface area contributed by atoms with Crippen molar-refractivity contribution in [3.8, 4) is 12.3 Å². The molecule has 2 aromatic rings. The Balaban J connectivity index is 1.27. The Kier molecular flexibility index (Phi) is 6.25. The number of benzene rings is 2. The molecule has 0 spiro atoms. The lowest BCUT2D eigenvalue weighted by molar-refractivity contribution is 0.226. The summed E-state index contributed by atoms with van der Waals surface area (Å²) in [6, 6.07) is 13.7. The van der Waals surface area contributed by atoms with Gasteiger partial charge in [0.05, 0.1) is 6.54 Å². The maximum atomic E-state index is 13.4. The first-order valence-electron chi connectivity index (χ1n) is 10.3.